The number of primary amides is 1. The minimum atomic E-state index is -0.645. The highest BCUT2D eigenvalue weighted by molar-refractivity contribution is 5.85. The number of hydrogen-bond acceptors (Lipinski definition) is 4. The van der Waals surface area contributed by atoms with E-state index in [1.165, 1.54) is 0 Å². The Morgan fingerprint density at radius 3 is 2.25 bits per heavy atom. The number of hydrogen-bond donors (Lipinski definition) is 2. The van der Waals surface area contributed by atoms with E-state index in [9.17, 15) is 9.59 Å². The Bertz CT molecular complexity index is 505. The number of nitrogens with zero attached hydrogens (tertiary/aromatic N) is 4. The van der Waals surface area contributed by atoms with Gasteiger partial charge in [-0.05, 0) is 26.7 Å². The van der Waals surface area contributed by atoms with E-state index < -0.39 is 5.54 Å². The minimum absolute atomic E-state index is 0.0152. The number of guanidine groups is 1. The van der Waals surface area contributed by atoms with Gasteiger partial charge in [-0.15, -0.1) is 0 Å². The Morgan fingerprint density at radius 2 is 1.79 bits per heavy atom. The van der Waals surface area contributed by atoms with Gasteiger partial charge in [-0.3, -0.25) is 14.5 Å². The summed E-state index contributed by atoms with van der Waals surface area (Å²) in [7, 11) is 3.47. The van der Waals surface area contributed by atoms with Crippen LogP contribution in [0.25, 0.3) is 0 Å². The van der Waals surface area contributed by atoms with Gasteiger partial charge < -0.3 is 20.9 Å². The fourth-order valence-electron chi connectivity index (χ4n) is 2.56. The molecule has 0 spiro atoms. The van der Waals surface area contributed by atoms with Gasteiger partial charge in [0.2, 0.25) is 11.8 Å². The van der Waals surface area contributed by atoms with Gasteiger partial charge in [0.15, 0.2) is 5.96 Å². The highest BCUT2D eigenvalue weighted by atomic mass is 16.2. The molecule has 8 heteroatoms. The molecule has 0 bridgehead atoms. The van der Waals surface area contributed by atoms with Gasteiger partial charge in [-0.25, -0.2) is 4.99 Å². The molecule has 0 atom stereocenters. The van der Waals surface area contributed by atoms with Crippen LogP contribution in [-0.4, -0.2) is 90.9 Å². The average molecular weight is 338 g/mol. The zero-order chi connectivity index (χ0) is 17.9. The molecule has 2 fully saturated rings. The van der Waals surface area contributed by atoms with Crippen molar-refractivity contribution in [3.8, 4) is 0 Å². The van der Waals surface area contributed by atoms with Gasteiger partial charge in [0, 0.05) is 46.3 Å². The summed E-state index contributed by atoms with van der Waals surface area (Å²) in [5.74, 6) is 0.473. The van der Waals surface area contributed by atoms with Gasteiger partial charge in [0.05, 0.1) is 5.54 Å². The Hall–Kier alpha value is -1.83. The second kappa shape index (κ2) is 7.38. The summed E-state index contributed by atoms with van der Waals surface area (Å²) in [6.07, 6.45) is 2.30. The second-order valence-electron chi connectivity index (χ2n) is 7.24. The van der Waals surface area contributed by atoms with Crippen LogP contribution in [0.3, 0.4) is 0 Å². The molecule has 2 rings (SSSR count). The molecule has 2 aliphatic rings. The third-order valence-electron chi connectivity index (χ3n) is 4.75. The predicted molar refractivity (Wildman–Crippen MR) is 93.6 cm³/mol. The maximum atomic E-state index is 11.8. The Morgan fingerprint density at radius 1 is 1.21 bits per heavy atom. The summed E-state index contributed by atoms with van der Waals surface area (Å²) in [6.45, 7) is 6.86. The fraction of sp³-hybridized carbons (Fsp3) is 0.812. The number of carbonyl (C=O) groups is 2. The third kappa shape index (κ3) is 4.59. The lowest BCUT2D eigenvalue weighted by Crippen LogP contribution is -2.61. The Labute approximate surface area is 144 Å². The van der Waals surface area contributed by atoms with E-state index >= 15 is 0 Å². The zero-order valence-electron chi connectivity index (χ0n) is 15.2. The largest absolute Gasteiger partial charge is 0.368 e. The van der Waals surface area contributed by atoms with Crippen molar-refractivity contribution in [1.29, 1.82) is 0 Å². The van der Waals surface area contributed by atoms with Crippen molar-refractivity contribution >= 4 is 17.8 Å². The number of aliphatic imine (C=N–C) groups is 1. The molecule has 1 aliphatic carbocycles. The van der Waals surface area contributed by atoms with Crippen molar-refractivity contribution < 1.29 is 9.59 Å². The van der Waals surface area contributed by atoms with E-state index in [4.69, 9.17) is 5.73 Å². The molecule has 1 aliphatic heterocycles. The maximum Gasteiger partial charge on any atom is 0.243 e. The molecular formula is C16H30N6O2. The number of nitrogens with one attached hydrogen (secondary N) is 1. The van der Waals surface area contributed by atoms with Crippen LogP contribution in [0.1, 0.15) is 26.7 Å². The molecule has 1 saturated heterocycles. The Balaban J connectivity index is 1.97. The number of piperazine rings is 1. The average Bonchev–Trinajstić information content (AvgIpc) is 3.35. The Kier molecular flexibility index (Phi) is 5.69. The fourth-order valence-corrected chi connectivity index (χ4v) is 2.56. The quantitative estimate of drug-likeness (QED) is 0.499. The highest BCUT2D eigenvalue weighted by Gasteiger charge is 2.35. The summed E-state index contributed by atoms with van der Waals surface area (Å²) < 4.78 is 0. The molecule has 1 saturated carbocycles. The summed E-state index contributed by atoms with van der Waals surface area (Å²) in [5.41, 5.74) is 4.86. The lowest BCUT2D eigenvalue weighted by molar-refractivity contribution is -0.129. The van der Waals surface area contributed by atoms with Crippen molar-refractivity contribution in [3.63, 3.8) is 0 Å². The van der Waals surface area contributed by atoms with Crippen molar-refractivity contribution in [2.24, 2.45) is 10.7 Å². The normalized spacial score (nSPS) is 20.0. The van der Waals surface area contributed by atoms with E-state index in [0.29, 0.717) is 6.04 Å². The zero-order valence-corrected chi connectivity index (χ0v) is 15.2. The van der Waals surface area contributed by atoms with Gasteiger partial charge in [-0.2, -0.15) is 0 Å². The third-order valence-corrected chi connectivity index (χ3v) is 4.75. The monoisotopic (exact) mass is 338 g/mol. The van der Waals surface area contributed by atoms with E-state index in [1.807, 2.05) is 13.8 Å². The number of likely N-dealkylation sites (N-methyl/N-ethyl adjacent to an activating group) is 1. The molecule has 0 aromatic heterocycles. The molecule has 136 valence electrons. The summed E-state index contributed by atoms with van der Waals surface area (Å²) >= 11 is 0. The van der Waals surface area contributed by atoms with Crippen LogP contribution in [0, 0.1) is 0 Å². The van der Waals surface area contributed by atoms with Crippen LogP contribution in [-0.2, 0) is 9.59 Å². The van der Waals surface area contributed by atoms with Crippen molar-refractivity contribution in [2.45, 2.75) is 38.3 Å². The molecule has 0 aromatic carbocycles. The summed E-state index contributed by atoms with van der Waals surface area (Å²) in [5, 5.41) is 3.43. The van der Waals surface area contributed by atoms with Crippen molar-refractivity contribution in [3.05, 3.63) is 0 Å². The van der Waals surface area contributed by atoms with Crippen LogP contribution in [0.4, 0.5) is 0 Å². The van der Waals surface area contributed by atoms with Crippen molar-refractivity contribution in [2.75, 3.05) is 46.8 Å². The molecule has 0 radical (unpaired) electrons. The number of carbonyl (C=O) groups excluding carboxylic acids is 2. The first kappa shape index (κ1) is 18.5. The molecular weight excluding hydrogens is 308 g/mol. The first-order valence-electron chi connectivity index (χ1n) is 8.53. The molecule has 24 heavy (non-hydrogen) atoms. The molecule has 1 heterocycles. The van der Waals surface area contributed by atoms with E-state index in [-0.39, 0.29) is 18.4 Å². The van der Waals surface area contributed by atoms with Gasteiger partial charge in [-0.1, -0.05) is 0 Å². The van der Waals surface area contributed by atoms with Gasteiger partial charge >= 0.3 is 0 Å². The number of rotatable bonds is 5. The van der Waals surface area contributed by atoms with Crippen LogP contribution in [0.5, 0.6) is 0 Å². The predicted octanol–water partition coefficient (Wildman–Crippen LogP) is -0.936. The van der Waals surface area contributed by atoms with Crippen LogP contribution in [0.2, 0.25) is 0 Å². The molecule has 8 nitrogen and oxygen atoms in total. The SMILES string of the molecule is CN(C)C(=O)CN=C(NC1CC1)N1CCN(C(C)(C)C(N)=O)CC1. The first-order valence-corrected chi connectivity index (χ1v) is 8.53. The first-order chi connectivity index (χ1) is 11.2. The van der Waals surface area contributed by atoms with Crippen molar-refractivity contribution in [1.82, 2.24) is 20.0 Å². The van der Waals surface area contributed by atoms with E-state index in [0.717, 1.165) is 45.0 Å². The smallest absolute Gasteiger partial charge is 0.243 e. The van der Waals surface area contributed by atoms with Gasteiger partial charge in [0.25, 0.3) is 0 Å². The van der Waals surface area contributed by atoms with E-state index in [1.54, 1.807) is 19.0 Å². The molecule has 0 unspecified atom stereocenters. The lowest BCUT2D eigenvalue weighted by Gasteiger charge is -2.43. The van der Waals surface area contributed by atoms with Crippen LogP contribution < -0.4 is 11.1 Å². The molecule has 2 amide bonds. The topological polar surface area (TPSA) is 94.3 Å². The molecule has 3 N–H and O–H groups in total. The van der Waals surface area contributed by atoms with Crippen LogP contribution in [0.15, 0.2) is 4.99 Å². The maximum absolute atomic E-state index is 11.8. The van der Waals surface area contributed by atoms with Crippen LogP contribution >= 0.6 is 0 Å². The molecule has 0 aromatic rings. The standard InChI is InChI=1S/C16H30N6O2/c1-16(2,14(17)24)22-9-7-21(8-10-22)15(19-12-5-6-12)18-11-13(23)20(3)4/h12H,5-11H2,1-4H3,(H2,17,24)(H,18,19). The number of amides is 2. The summed E-state index contributed by atoms with van der Waals surface area (Å²) in [6, 6.07) is 0.471. The number of nitrogens with two attached hydrogens (primary N) is 1. The minimum Gasteiger partial charge on any atom is -0.368 e. The second-order valence-corrected chi connectivity index (χ2v) is 7.24. The summed E-state index contributed by atoms with van der Waals surface area (Å²) in [4.78, 5) is 33.7. The highest BCUT2D eigenvalue weighted by Crippen LogP contribution is 2.20. The van der Waals surface area contributed by atoms with E-state index in [2.05, 4.69) is 20.1 Å². The van der Waals surface area contributed by atoms with Gasteiger partial charge in [0.1, 0.15) is 6.54 Å². The lowest BCUT2D eigenvalue weighted by atomic mass is 10.0.